The first kappa shape index (κ1) is 12.2. The Hall–Kier alpha value is -0.860. The fraction of sp³-hybridized carbons (Fsp3) is 0.538. The maximum absolute atomic E-state index is 9.43. The van der Waals surface area contributed by atoms with E-state index in [2.05, 4.69) is 38.2 Å². The zero-order chi connectivity index (χ0) is 11.3. The van der Waals surface area contributed by atoms with Crippen molar-refractivity contribution < 1.29 is 5.11 Å². The summed E-state index contributed by atoms with van der Waals surface area (Å²) < 4.78 is 0. The van der Waals surface area contributed by atoms with Crippen molar-refractivity contribution >= 4 is 0 Å². The molecule has 0 saturated heterocycles. The molecule has 2 heteroatoms. The SMILES string of the molecule is CC(C)NC(C)(CO)Cc1ccccc1. The van der Waals surface area contributed by atoms with Gasteiger partial charge in [0, 0.05) is 11.6 Å². The zero-order valence-electron chi connectivity index (χ0n) is 9.83. The van der Waals surface area contributed by atoms with Gasteiger partial charge >= 0.3 is 0 Å². The standard InChI is InChI=1S/C13H21NO/c1-11(2)14-13(3,10-15)9-12-7-5-4-6-8-12/h4-8,11,14-15H,9-10H2,1-3H3. The highest BCUT2D eigenvalue weighted by Crippen LogP contribution is 2.13. The van der Waals surface area contributed by atoms with Gasteiger partial charge in [0.05, 0.1) is 6.61 Å². The van der Waals surface area contributed by atoms with Gasteiger partial charge in [0.2, 0.25) is 0 Å². The van der Waals surface area contributed by atoms with Crippen LogP contribution in [-0.4, -0.2) is 23.3 Å². The summed E-state index contributed by atoms with van der Waals surface area (Å²) in [6.07, 6.45) is 0.850. The van der Waals surface area contributed by atoms with Gasteiger partial charge < -0.3 is 10.4 Å². The van der Waals surface area contributed by atoms with E-state index in [0.29, 0.717) is 6.04 Å². The minimum atomic E-state index is -0.227. The molecule has 0 saturated carbocycles. The molecule has 2 N–H and O–H groups in total. The molecule has 0 amide bonds. The average Bonchev–Trinajstić information content (AvgIpc) is 2.18. The van der Waals surface area contributed by atoms with Crippen molar-refractivity contribution in [3.8, 4) is 0 Å². The second-order valence-corrected chi connectivity index (χ2v) is 4.68. The maximum atomic E-state index is 9.43. The second-order valence-electron chi connectivity index (χ2n) is 4.68. The third kappa shape index (κ3) is 4.02. The van der Waals surface area contributed by atoms with Gasteiger partial charge in [-0.3, -0.25) is 0 Å². The molecule has 0 aromatic heterocycles. The summed E-state index contributed by atoms with van der Waals surface area (Å²) in [6.45, 7) is 6.40. The summed E-state index contributed by atoms with van der Waals surface area (Å²) in [5, 5.41) is 12.8. The van der Waals surface area contributed by atoms with Gasteiger partial charge in [-0.2, -0.15) is 0 Å². The first-order chi connectivity index (χ1) is 7.06. The Morgan fingerprint density at radius 3 is 2.33 bits per heavy atom. The molecular weight excluding hydrogens is 186 g/mol. The van der Waals surface area contributed by atoms with E-state index in [0.717, 1.165) is 6.42 Å². The van der Waals surface area contributed by atoms with E-state index in [1.165, 1.54) is 5.56 Å². The number of nitrogens with one attached hydrogen (secondary N) is 1. The van der Waals surface area contributed by atoms with E-state index in [4.69, 9.17) is 0 Å². The van der Waals surface area contributed by atoms with Gasteiger partial charge in [0.25, 0.3) is 0 Å². The van der Waals surface area contributed by atoms with Crippen LogP contribution in [0.25, 0.3) is 0 Å². The number of hydrogen-bond acceptors (Lipinski definition) is 2. The van der Waals surface area contributed by atoms with Crippen LogP contribution in [0.15, 0.2) is 30.3 Å². The highest BCUT2D eigenvalue weighted by Gasteiger charge is 2.23. The fourth-order valence-electron chi connectivity index (χ4n) is 1.90. The number of rotatable bonds is 5. The molecule has 0 aliphatic rings. The maximum Gasteiger partial charge on any atom is 0.0613 e. The molecule has 84 valence electrons. The summed E-state index contributed by atoms with van der Waals surface area (Å²) in [5.41, 5.74) is 1.03. The number of hydrogen-bond donors (Lipinski definition) is 2. The van der Waals surface area contributed by atoms with Gasteiger partial charge in [-0.1, -0.05) is 44.2 Å². The molecule has 0 heterocycles. The van der Waals surface area contributed by atoms with E-state index >= 15 is 0 Å². The van der Waals surface area contributed by atoms with Crippen molar-refractivity contribution in [2.24, 2.45) is 0 Å². The zero-order valence-corrected chi connectivity index (χ0v) is 9.83. The number of benzene rings is 1. The molecule has 0 aliphatic carbocycles. The average molecular weight is 207 g/mol. The molecule has 1 unspecified atom stereocenters. The van der Waals surface area contributed by atoms with Crippen molar-refractivity contribution in [3.05, 3.63) is 35.9 Å². The molecule has 1 aromatic rings. The van der Waals surface area contributed by atoms with E-state index < -0.39 is 0 Å². The summed E-state index contributed by atoms with van der Waals surface area (Å²) in [4.78, 5) is 0. The van der Waals surface area contributed by atoms with Crippen molar-refractivity contribution in [2.75, 3.05) is 6.61 Å². The van der Waals surface area contributed by atoms with Crippen molar-refractivity contribution in [1.82, 2.24) is 5.32 Å². The summed E-state index contributed by atoms with van der Waals surface area (Å²) >= 11 is 0. The van der Waals surface area contributed by atoms with Gasteiger partial charge in [-0.05, 0) is 18.9 Å². The number of aliphatic hydroxyl groups excluding tert-OH is 1. The minimum absolute atomic E-state index is 0.153. The Morgan fingerprint density at radius 1 is 1.27 bits per heavy atom. The molecular formula is C13H21NO. The molecule has 0 aliphatic heterocycles. The van der Waals surface area contributed by atoms with Crippen molar-refractivity contribution in [1.29, 1.82) is 0 Å². The Kier molecular flexibility index (Phi) is 4.30. The first-order valence-corrected chi connectivity index (χ1v) is 5.48. The molecule has 1 aromatic carbocycles. The molecule has 0 bridgehead atoms. The lowest BCUT2D eigenvalue weighted by Crippen LogP contribution is -2.50. The van der Waals surface area contributed by atoms with Crippen LogP contribution < -0.4 is 5.32 Å². The van der Waals surface area contributed by atoms with Gasteiger partial charge in [0.1, 0.15) is 0 Å². The highest BCUT2D eigenvalue weighted by atomic mass is 16.3. The van der Waals surface area contributed by atoms with Crippen molar-refractivity contribution in [3.63, 3.8) is 0 Å². The molecule has 1 atom stereocenters. The van der Waals surface area contributed by atoms with E-state index in [9.17, 15) is 5.11 Å². The quantitative estimate of drug-likeness (QED) is 0.774. The van der Waals surface area contributed by atoms with Crippen LogP contribution >= 0.6 is 0 Å². The smallest absolute Gasteiger partial charge is 0.0613 e. The van der Waals surface area contributed by atoms with Gasteiger partial charge in [0.15, 0.2) is 0 Å². The Labute approximate surface area is 92.3 Å². The summed E-state index contributed by atoms with van der Waals surface area (Å²) in [6, 6.07) is 10.6. The Bertz CT molecular complexity index is 284. The minimum Gasteiger partial charge on any atom is -0.394 e. The van der Waals surface area contributed by atoms with Gasteiger partial charge in [-0.25, -0.2) is 0 Å². The van der Waals surface area contributed by atoms with E-state index in [1.54, 1.807) is 0 Å². The van der Waals surface area contributed by atoms with Crippen molar-refractivity contribution in [2.45, 2.75) is 38.8 Å². The lowest BCUT2D eigenvalue weighted by Gasteiger charge is -2.31. The third-order valence-electron chi connectivity index (χ3n) is 2.42. The summed E-state index contributed by atoms with van der Waals surface area (Å²) in [7, 11) is 0. The fourth-order valence-corrected chi connectivity index (χ4v) is 1.90. The van der Waals surface area contributed by atoms with Gasteiger partial charge in [-0.15, -0.1) is 0 Å². The van der Waals surface area contributed by atoms with Crippen LogP contribution in [0.4, 0.5) is 0 Å². The molecule has 1 rings (SSSR count). The lowest BCUT2D eigenvalue weighted by atomic mass is 9.93. The molecule has 0 spiro atoms. The first-order valence-electron chi connectivity index (χ1n) is 5.48. The third-order valence-corrected chi connectivity index (χ3v) is 2.42. The number of aliphatic hydroxyl groups is 1. The van der Waals surface area contributed by atoms with E-state index in [-0.39, 0.29) is 12.1 Å². The van der Waals surface area contributed by atoms with Crippen LogP contribution in [0.3, 0.4) is 0 Å². The van der Waals surface area contributed by atoms with Crippen LogP contribution in [-0.2, 0) is 6.42 Å². The Balaban J connectivity index is 2.68. The van der Waals surface area contributed by atoms with Crippen LogP contribution in [0, 0.1) is 0 Å². The lowest BCUT2D eigenvalue weighted by molar-refractivity contribution is 0.165. The monoisotopic (exact) mass is 207 g/mol. The molecule has 2 nitrogen and oxygen atoms in total. The van der Waals surface area contributed by atoms with Crippen LogP contribution in [0.1, 0.15) is 26.3 Å². The predicted octanol–water partition coefficient (Wildman–Crippen LogP) is 1.98. The topological polar surface area (TPSA) is 32.3 Å². The second kappa shape index (κ2) is 5.29. The Morgan fingerprint density at radius 2 is 1.87 bits per heavy atom. The van der Waals surface area contributed by atoms with E-state index in [1.807, 2.05) is 18.2 Å². The van der Waals surface area contributed by atoms with Crippen LogP contribution in [0.5, 0.6) is 0 Å². The largest absolute Gasteiger partial charge is 0.394 e. The molecule has 0 fully saturated rings. The molecule has 0 radical (unpaired) electrons. The normalized spacial score (nSPS) is 15.3. The molecule has 15 heavy (non-hydrogen) atoms. The predicted molar refractivity (Wildman–Crippen MR) is 63.9 cm³/mol. The van der Waals surface area contributed by atoms with Crippen LogP contribution in [0.2, 0.25) is 0 Å². The summed E-state index contributed by atoms with van der Waals surface area (Å²) in [5.74, 6) is 0. The highest BCUT2D eigenvalue weighted by molar-refractivity contribution is 5.17.